The van der Waals surface area contributed by atoms with Crippen molar-refractivity contribution in [3.63, 3.8) is 0 Å². The van der Waals surface area contributed by atoms with Crippen molar-refractivity contribution >= 4 is 10.0 Å². The molecule has 1 fully saturated rings. The molecule has 0 spiro atoms. The minimum atomic E-state index is -3.30. The first kappa shape index (κ1) is 16.5. The van der Waals surface area contributed by atoms with E-state index < -0.39 is 10.0 Å². The van der Waals surface area contributed by atoms with Gasteiger partial charge in [-0.05, 0) is 35.8 Å². The highest BCUT2D eigenvalue weighted by Crippen LogP contribution is 2.35. The van der Waals surface area contributed by atoms with E-state index in [2.05, 4.69) is 18.6 Å². The van der Waals surface area contributed by atoms with E-state index in [1.807, 2.05) is 24.3 Å². The number of rotatable bonds is 5. The Morgan fingerprint density at radius 2 is 2.05 bits per heavy atom. The Bertz CT molecular complexity index is 582. The molecular weight excluding hydrogens is 284 g/mol. The predicted molar refractivity (Wildman–Crippen MR) is 86.1 cm³/mol. The van der Waals surface area contributed by atoms with Crippen LogP contribution >= 0.6 is 0 Å². The SMILES string of the molecule is CC1(C)CCCC(NS(=O)(=O)Cc2cccc(CN)c2)C1. The minimum Gasteiger partial charge on any atom is -0.326 e. The van der Waals surface area contributed by atoms with E-state index in [1.165, 1.54) is 6.42 Å². The molecule has 21 heavy (non-hydrogen) atoms. The quantitative estimate of drug-likeness (QED) is 0.878. The second kappa shape index (κ2) is 6.46. The summed E-state index contributed by atoms with van der Waals surface area (Å²) in [5, 5.41) is 0. The lowest BCUT2D eigenvalue weighted by molar-refractivity contribution is 0.212. The highest BCUT2D eigenvalue weighted by molar-refractivity contribution is 7.88. The van der Waals surface area contributed by atoms with Crippen molar-refractivity contribution < 1.29 is 8.42 Å². The van der Waals surface area contributed by atoms with Crippen LogP contribution in [-0.4, -0.2) is 14.5 Å². The summed E-state index contributed by atoms with van der Waals surface area (Å²) in [6.07, 6.45) is 4.10. The fourth-order valence-corrected chi connectivity index (χ4v) is 4.57. The molecule has 0 amide bonds. The van der Waals surface area contributed by atoms with Crippen LogP contribution < -0.4 is 10.5 Å². The fourth-order valence-electron chi connectivity index (χ4n) is 3.16. The third-order valence-corrected chi connectivity index (χ3v) is 5.54. The molecule has 1 aromatic rings. The number of benzene rings is 1. The van der Waals surface area contributed by atoms with Gasteiger partial charge >= 0.3 is 0 Å². The first-order valence-electron chi connectivity index (χ1n) is 7.58. The molecule has 0 saturated heterocycles. The summed E-state index contributed by atoms with van der Waals surface area (Å²) in [5.74, 6) is 0.0256. The monoisotopic (exact) mass is 310 g/mol. The lowest BCUT2D eigenvalue weighted by Crippen LogP contribution is -2.41. The van der Waals surface area contributed by atoms with Crippen LogP contribution in [0.25, 0.3) is 0 Å². The Balaban J connectivity index is 2.01. The van der Waals surface area contributed by atoms with E-state index in [4.69, 9.17) is 5.73 Å². The first-order valence-corrected chi connectivity index (χ1v) is 9.23. The molecule has 1 saturated carbocycles. The van der Waals surface area contributed by atoms with Crippen LogP contribution in [0.15, 0.2) is 24.3 Å². The predicted octanol–water partition coefficient (Wildman–Crippen LogP) is 2.53. The van der Waals surface area contributed by atoms with Gasteiger partial charge in [0.2, 0.25) is 10.0 Å². The molecule has 0 aromatic heterocycles. The molecule has 2 rings (SSSR count). The van der Waals surface area contributed by atoms with Gasteiger partial charge in [0.05, 0.1) is 5.75 Å². The summed E-state index contributed by atoms with van der Waals surface area (Å²) in [7, 11) is -3.30. The Hall–Kier alpha value is -0.910. The van der Waals surface area contributed by atoms with Crippen LogP contribution in [0.2, 0.25) is 0 Å². The second-order valence-corrected chi connectivity index (χ2v) is 8.61. The Labute approximate surface area is 128 Å². The third-order valence-electron chi connectivity index (χ3n) is 4.14. The van der Waals surface area contributed by atoms with Gasteiger partial charge in [0.1, 0.15) is 0 Å². The molecular formula is C16H26N2O2S. The van der Waals surface area contributed by atoms with Gasteiger partial charge in [-0.3, -0.25) is 0 Å². The van der Waals surface area contributed by atoms with Crippen molar-refractivity contribution in [3.05, 3.63) is 35.4 Å². The van der Waals surface area contributed by atoms with Crippen LogP contribution in [0.3, 0.4) is 0 Å². The number of hydrogen-bond donors (Lipinski definition) is 2. The first-order chi connectivity index (χ1) is 9.80. The second-order valence-electron chi connectivity index (χ2n) is 6.86. The molecule has 1 aliphatic rings. The summed E-state index contributed by atoms with van der Waals surface area (Å²) >= 11 is 0. The maximum Gasteiger partial charge on any atom is 0.216 e. The van der Waals surface area contributed by atoms with Gasteiger partial charge in [0.15, 0.2) is 0 Å². The van der Waals surface area contributed by atoms with E-state index in [0.717, 1.165) is 30.4 Å². The molecule has 0 aliphatic heterocycles. The summed E-state index contributed by atoms with van der Waals surface area (Å²) in [4.78, 5) is 0. The van der Waals surface area contributed by atoms with E-state index in [9.17, 15) is 8.42 Å². The van der Waals surface area contributed by atoms with Crippen molar-refractivity contribution in [2.24, 2.45) is 11.1 Å². The Morgan fingerprint density at radius 1 is 1.33 bits per heavy atom. The van der Waals surface area contributed by atoms with Crippen molar-refractivity contribution in [1.82, 2.24) is 4.72 Å². The standard InChI is InChI=1S/C16H26N2O2S/c1-16(2)8-4-7-15(10-16)18-21(19,20)12-14-6-3-5-13(9-14)11-17/h3,5-6,9,15,18H,4,7-8,10-12,17H2,1-2H3. The summed E-state index contributed by atoms with van der Waals surface area (Å²) in [6.45, 7) is 4.84. The summed E-state index contributed by atoms with van der Waals surface area (Å²) in [6, 6.07) is 7.54. The lowest BCUT2D eigenvalue weighted by Gasteiger charge is -2.35. The average molecular weight is 310 g/mol. The van der Waals surface area contributed by atoms with E-state index >= 15 is 0 Å². The van der Waals surface area contributed by atoms with E-state index in [1.54, 1.807) is 0 Å². The van der Waals surface area contributed by atoms with Crippen molar-refractivity contribution in [3.8, 4) is 0 Å². The van der Waals surface area contributed by atoms with Crippen molar-refractivity contribution in [2.75, 3.05) is 0 Å². The molecule has 0 heterocycles. The molecule has 1 unspecified atom stereocenters. The number of nitrogens with two attached hydrogens (primary N) is 1. The molecule has 1 aliphatic carbocycles. The largest absolute Gasteiger partial charge is 0.326 e. The Kier molecular flexibility index (Phi) is 5.07. The van der Waals surface area contributed by atoms with Gasteiger partial charge in [-0.2, -0.15) is 0 Å². The molecule has 1 atom stereocenters. The molecule has 118 valence electrons. The molecule has 4 nitrogen and oxygen atoms in total. The molecule has 0 radical (unpaired) electrons. The van der Waals surface area contributed by atoms with Crippen LogP contribution in [0, 0.1) is 5.41 Å². The number of nitrogens with one attached hydrogen (secondary N) is 1. The topological polar surface area (TPSA) is 72.2 Å². The zero-order valence-corrected chi connectivity index (χ0v) is 13.7. The van der Waals surface area contributed by atoms with Crippen LogP contribution in [-0.2, 0) is 22.3 Å². The van der Waals surface area contributed by atoms with Gasteiger partial charge in [0, 0.05) is 12.6 Å². The van der Waals surface area contributed by atoms with Gasteiger partial charge < -0.3 is 5.73 Å². The van der Waals surface area contributed by atoms with Gasteiger partial charge in [-0.25, -0.2) is 13.1 Å². The maximum absolute atomic E-state index is 12.3. The molecule has 1 aromatic carbocycles. The van der Waals surface area contributed by atoms with Crippen molar-refractivity contribution in [1.29, 1.82) is 0 Å². The zero-order valence-electron chi connectivity index (χ0n) is 12.9. The number of sulfonamides is 1. The van der Waals surface area contributed by atoms with E-state index in [0.29, 0.717) is 6.54 Å². The number of hydrogen-bond acceptors (Lipinski definition) is 3. The van der Waals surface area contributed by atoms with Gasteiger partial charge in [-0.1, -0.05) is 44.5 Å². The van der Waals surface area contributed by atoms with Gasteiger partial charge in [-0.15, -0.1) is 0 Å². The normalized spacial score (nSPS) is 22.1. The fraction of sp³-hybridized carbons (Fsp3) is 0.625. The highest BCUT2D eigenvalue weighted by atomic mass is 32.2. The highest BCUT2D eigenvalue weighted by Gasteiger charge is 2.30. The minimum absolute atomic E-state index is 0.0256. The lowest BCUT2D eigenvalue weighted by atomic mass is 9.75. The average Bonchev–Trinajstić information content (AvgIpc) is 2.36. The summed E-state index contributed by atoms with van der Waals surface area (Å²) < 4.78 is 27.6. The smallest absolute Gasteiger partial charge is 0.216 e. The Morgan fingerprint density at radius 3 is 2.71 bits per heavy atom. The molecule has 5 heteroatoms. The van der Waals surface area contributed by atoms with Gasteiger partial charge in [0.25, 0.3) is 0 Å². The van der Waals surface area contributed by atoms with E-state index in [-0.39, 0.29) is 17.2 Å². The van der Waals surface area contributed by atoms with Crippen LogP contribution in [0.5, 0.6) is 0 Å². The van der Waals surface area contributed by atoms with Crippen LogP contribution in [0.1, 0.15) is 50.7 Å². The van der Waals surface area contributed by atoms with Crippen molar-refractivity contribution in [2.45, 2.75) is 57.9 Å². The van der Waals surface area contributed by atoms with Crippen LogP contribution in [0.4, 0.5) is 0 Å². The maximum atomic E-state index is 12.3. The molecule has 0 bridgehead atoms. The third kappa shape index (κ3) is 5.09. The zero-order chi connectivity index (χ0) is 15.5. The summed E-state index contributed by atoms with van der Waals surface area (Å²) in [5.41, 5.74) is 7.58. The molecule has 3 N–H and O–H groups in total.